The molecule has 2 rings (SSSR count). The first-order valence-corrected chi connectivity index (χ1v) is 7.84. The number of halogens is 1. The molecule has 18 heavy (non-hydrogen) atoms. The van der Waals surface area contributed by atoms with E-state index in [-0.39, 0.29) is 6.04 Å². The van der Waals surface area contributed by atoms with Gasteiger partial charge in [-0.05, 0) is 53.2 Å². The van der Waals surface area contributed by atoms with Crippen LogP contribution < -0.4 is 5.32 Å². The van der Waals surface area contributed by atoms with Crippen molar-refractivity contribution in [3.63, 3.8) is 0 Å². The molecule has 1 N–H and O–H groups in total. The zero-order valence-electron chi connectivity index (χ0n) is 10.9. The molecular weight excluding hydrogens is 310 g/mol. The standard InChI is InChI=1S/C14H18BrNOS/c1-4-10-6-7-11(17-10)13(16-5-2)12-8-9(3)14(15)18-12/h6-8,13,16H,4-5H2,1-3H3. The number of nitrogens with one attached hydrogen (secondary N) is 1. The summed E-state index contributed by atoms with van der Waals surface area (Å²) in [4.78, 5) is 1.29. The van der Waals surface area contributed by atoms with Gasteiger partial charge in [-0.1, -0.05) is 13.8 Å². The van der Waals surface area contributed by atoms with Gasteiger partial charge < -0.3 is 9.73 Å². The zero-order chi connectivity index (χ0) is 13.1. The largest absolute Gasteiger partial charge is 0.464 e. The summed E-state index contributed by atoms with van der Waals surface area (Å²) in [6.45, 7) is 7.26. The lowest BCUT2D eigenvalue weighted by Crippen LogP contribution is -2.20. The maximum atomic E-state index is 5.88. The quantitative estimate of drug-likeness (QED) is 0.862. The molecule has 2 aromatic heterocycles. The number of furan rings is 1. The number of rotatable bonds is 5. The third-order valence-electron chi connectivity index (χ3n) is 2.88. The van der Waals surface area contributed by atoms with Crippen molar-refractivity contribution in [3.05, 3.63) is 43.9 Å². The van der Waals surface area contributed by atoms with E-state index in [4.69, 9.17) is 4.42 Å². The van der Waals surface area contributed by atoms with Crippen molar-refractivity contribution in [2.75, 3.05) is 6.54 Å². The molecule has 0 aliphatic heterocycles. The molecule has 4 heteroatoms. The molecule has 2 nitrogen and oxygen atoms in total. The van der Waals surface area contributed by atoms with Gasteiger partial charge in [0, 0.05) is 11.3 Å². The highest BCUT2D eigenvalue weighted by molar-refractivity contribution is 9.11. The molecule has 0 radical (unpaired) electrons. The summed E-state index contributed by atoms with van der Waals surface area (Å²) < 4.78 is 7.08. The van der Waals surface area contributed by atoms with Crippen LogP contribution in [0.2, 0.25) is 0 Å². The molecule has 0 aliphatic rings. The van der Waals surface area contributed by atoms with Crippen molar-refractivity contribution in [1.82, 2.24) is 5.32 Å². The minimum Gasteiger partial charge on any atom is -0.464 e. The number of hydrogen-bond acceptors (Lipinski definition) is 3. The van der Waals surface area contributed by atoms with E-state index in [1.807, 2.05) is 0 Å². The second-order valence-corrected chi connectivity index (χ2v) is 6.66. The topological polar surface area (TPSA) is 25.2 Å². The van der Waals surface area contributed by atoms with Crippen molar-refractivity contribution in [1.29, 1.82) is 0 Å². The van der Waals surface area contributed by atoms with Gasteiger partial charge in [-0.3, -0.25) is 0 Å². The molecule has 1 unspecified atom stereocenters. The average molecular weight is 328 g/mol. The average Bonchev–Trinajstić information content (AvgIpc) is 2.94. The minimum absolute atomic E-state index is 0.158. The predicted molar refractivity (Wildman–Crippen MR) is 80.4 cm³/mol. The first-order valence-electron chi connectivity index (χ1n) is 6.23. The Morgan fingerprint density at radius 2 is 2.17 bits per heavy atom. The smallest absolute Gasteiger partial charge is 0.126 e. The van der Waals surface area contributed by atoms with Crippen LogP contribution in [0.15, 0.2) is 26.4 Å². The second kappa shape index (κ2) is 6.04. The summed E-state index contributed by atoms with van der Waals surface area (Å²) in [7, 11) is 0. The second-order valence-electron chi connectivity index (χ2n) is 4.25. The van der Waals surface area contributed by atoms with Crippen molar-refractivity contribution >= 4 is 27.3 Å². The van der Waals surface area contributed by atoms with Crippen molar-refractivity contribution in [2.24, 2.45) is 0 Å². The summed E-state index contributed by atoms with van der Waals surface area (Å²) in [6, 6.07) is 6.52. The minimum atomic E-state index is 0.158. The van der Waals surface area contributed by atoms with E-state index >= 15 is 0 Å². The Balaban J connectivity index is 2.32. The molecule has 0 saturated carbocycles. The highest BCUT2D eigenvalue weighted by Crippen LogP contribution is 2.34. The summed E-state index contributed by atoms with van der Waals surface area (Å²) in [5.41, 5.74) is 1.28. The molecule has 0 aromatic carbocycles. The Morgan fingerprint density at radius 3 is 2.67 bits per heavy atom. The predicted octanol–water partition coefficient (Wildman–Crippen LogP) is 4.67. The van der Waals surface area contributed by atoms with E-state index < -0.39 is 0 Å². The monoisotopic (exact) mass is 327 g/mol. The molecule has 0 spiro atoms. The van der Waals surface area contributed by atoms with Gasteiger partial charge in [0.1, 0.15) is 17.6 Å². The van der Waals surface area contributed by atoms with Gasteiger partial charge in [-0.15, -0.1) is 11.3 Å². The molecule has 0 aliphatic carbocycles. The van der Waals surface area contributed by atoms with Gasteiger partial charge in [0.25, 0.3) is 0 Å². The Hall–Kier alpha value is -0.580. The fourth-order valence-corrected chi connectivity index (χ4v) is 3.57. The zero-order valence-corrected chi connectivity index (χ0v) is 13.3. The Labute approximate surface area is 121 Å². The van der Waals surface area contributed by atoms with Gasteiger partial charge >= 0.3 is 0 Å². The summed E-state index contributed by atoms with van der Waals surface area (Å²) in [6.07, 6.45) is 0.937. The third-order valence-corrected chi connectivity index (χ3v) is 5.09. The molecular formula is C14H18BrNOS. The van der Waals surface area contributed by atoms with E-state index in [0.717, 1.165) is 24.5 Å². The van der Waals surface area contributed by atoms with Crippen LogP contribution in [0.3, 0.4) is 0 Å². The molecule has 98 valence electrons. The van der Waals surface area contributed by atoms with Crippen LogP contribution in [0.4, 0.5) is 0 Å². The fraction of sp³-hybridized carbons (Fsp3) is 0.429. The van der Waals surface area contributed by atoms with E-state index in [2.05, 4.69) is 60.2 Å². The van der Waals surface area contributed by atoms with Crippen LogP contribution >= 0.6 is 27.3 Å². The molecule has 0 saturated heterocycles. The maximum Gasteiger partial charge on any atom is 0.126 e. The van der Waals surface area contributed by atoms with E-state index in [0.29, 0.717) is 0 Å². The van der Waals surface area contributed by atoms with Crippen molar-refractivity contribution in [3.8, 4) is 0 Å². The lowest BCUT2D eigenvalue weighted by atomic mass is 10.1. The SMILES string of the molecule is CCNC(c1ccc(CC)o1)c1cc(C)c(Br)s1. The summed E-state index contributed by atoms with van der Waals surface area (Å²) in [5, 5.41) is 3.49. The highest BCUT2D eigenvalue weighted by atomic mass is 79.9. The molecule has 2 heterocycles. The number of hydrogen-bond donors (Lipinski definition) is 1. The molecule has 0 amide bonds. The van der Waals surface area contributed by atoms with Gasteiger partial charge in [0.2, 0.25) is 0 Å². The van der Waals surface area contributed by atoms with Crippen LogP contribution in [0.1, 0.15) is 41.9 Å². The van der Waals surface area contributed by atoms with E-state index in [1.54, 1.807) is 11.3 Å². The van der Waals surface area contributed by atoms with Gasteiger partial charge in [-0.25, -0.2) is 0 Å². The Kier molecular flexibility index (Phi) is 4.65. The lowest BCUT2D eigenvalue weighted by Gasteiger charge is -2.13. The van der Waals surface area contributed by atoms with Crippen LogP contribution in [0, 0.1) is 6.92 Å². The first kappa shape index (κ1) is 13.8. The van der Waals surface area contributed by atoms with E-state index in [9.17, 15) is 0 Å². The molecule has 1 atom stereocenters. The van der Waals surface area contributed by atoms with Crippen molar-refractivity contribution in [2.45, 2.75) is 33.2 Å². The normalized spacial score (nSPS) is 12.9. The third kappa shape index (κ3) is 2.87. The number of thiophene rings is 1. The van der Waals surface area contributed by atoms with E-state index in [1.165, 1.54) is 14.2 Å². The van der Waals surface area contributed by atoms with Crippen molar-refractivity contribution < 1.29 is 4.42 Å². The highest BCUT2D eigenvalue weighted by Gasteiger charge is 2.19. The summed E-state index contributed by atoms with van der Waals surface area (Å²) in [5.74, 6) is 2.04. The van der Waals surface area contributed by atoms with Crippen LogP contribution in [0.25, 0.3) is 0 Å². The molecule has 0 bridgehead atoms. The first-order chi connectivity index (χ1) is 8.65. The maximum absolute atomic E-state index is 5.88. The molecule has 0 fully saturated rings. The number of aryl methyl sites for hydroxylation is 2. The van der Waals surface area contributed by atoms with Crippen LogP contribution in [-0.4, -0.2) is 6.54 Å². The molecule has 2 aromatic rings. The fourth-order valence-electron chi connectivity index (χ4n) is 1.91. The van der Waals surface area contributed by atoms with Gasteiger partial charge in [0.15, 0.2) is 0 Å². The summed E-state index contributed by atoms with van der Waals surface area (Å²) >= 11 is 5.36. The van der Waals surface area contributed by atoms with Crippen LogP contribution in [0.5, 0.6) is 0 Å². The van der Waals surface area contributed by atoms with Gasteiger partial charge in [-0.2, -0.15) is 0 Å². The Morgan fingerprint density at radius 1 is 1.39 bits per heavy atom. The lowest BCUT2D eigenvalue weighted by molar-refractivity contribution is 0.428. The Bertz CT molecular complexity index is 498. The van der Waals surface area contributed by atoms with Gasteiger partial charge in [0.05, 0.1) is 3.79 Å². The van der Waals surface area contributed by atoms with Crippen LogP contribution in [-0.2, 0) is 6.42 Å².